The van der Waals surface area contributed by atoms with Crippen LogP contribution in [-0.2, 0) is 4.79 Å². The summed E-state index contributed by atoms with van der Waals surface area (Å²) in [5.41, 5.74) is 0.757. The van der Waals surface area contributed by atoms with Gasteiger partial charge in [0.25, 0.3) is 0 Å². The smallest absolute Gasteiger partial charge is 0.241 e. The van der Waals surface area contributed by atoms with Gasteiger partial charge in [-0.2, -0.15) is 0 Å². The topological polar surface area (TPSA) is 41.1 Å². The van der Waals surface area contributed by atoms with Gasteiger partial charge in [-0.1, -0.05) is 31.0 Å². The van der Waals surface area contributed by atoms with E-state index >= 15 is 0 Å². The molecule has 18 heavy (non-hydrogen) atoms. The predicted octanol–water partition coefficient (Wildman–Crippen LogP) is 3.06. The third kappa shape index (κ3) is 3.47. The van der Waals surface area contributed by atoms with E-state index in [1.807, 2.05) is 12.1 Å². The molecule has 0 spiro atoms. The van der Waals surface area contributed by atoms with E-state index in [0.29, 0.717) is 10.9 Å². The molecule has 0 radical (unpaired) electrons. The second-order valence-electron chi connectivity index (χ2n) is 4.80. The molecule has 2 rings (SSSR count). The first-order chi connectivity index (χ1) is 8.69. The Hall–Kier alpha value is -1.06. The molecule has 0 aromatic heterocycles. The summed E-state index contributed by atoms with van der Waals surface area (Å²) in [6.45, 7) is 3.11. The number of hydrogen-bond donors (Lipinski definition) is 2. The van der Waals surface area contributed by atoms with Crippen molar-refractivity contribution in [1.29, 1.82) is 0 Å². The number of halogens is 1. The summed E-state index contributed by atoms with van der Waals surface area (Å²) in [6.07, 6.45) is 3.23. The van der Waals surface area contributed by atoms with Gasteiger partial charge in [0, 0.05) is 10.7 Å². The van der Waals surface area contributed by atoms with Gasteiger partial charge < -0.3 is 10.6 Å². The minimum atomic E-state index is -0.0809. The van der Waals surface area contributed by atoms with Crippen molar-refractivity contribution in [2.75, 3.05) is 11.9 Å². The van der Waals surface area contributed by atoms with Crippen molar-refractivity contribution in [2.24, 2.45) is 5.92 Å². The largest absolute Gasteiger partial charge is 0.325 e. The number of rotatable bonds is 3. The monoisotopic (exact) mass is 266 g/mol. The molecule has 4 heteroatoms. The highest BCUT2D eigenvalue weighted by Crippen LogP contribution is 2.21. The fraction of sp³-hybridized carbons (Fsp3) is 0.500. The minimum Gasteiger partial charge on any atom is -0.325 e. The van der Waals surface area contributed by atoms with E-state index in [0.717, 1.165) is 31.5 Å². The van der Waals surface area contributed by atoms with E-state index in [9.17, 15) is 4.79 Å². The van der Waals surface area contributed by atoms with Gasteiger partial charge >= 0.3 is 0 Å². The Labute approximate surface area is 113 Å². The van der Waals surface area contributed by atoms with Crippen molar-refractivity contribution in [3.05, 3.63) is 29.3 Å². The van der Waals surface area contributed by atoms with Gasteiger partial charge in [-0.05, 0) is 43.5 Å². The lowest BCUT2D eigenvalue weighted by atomic mass is 9.90. The average Bonchev–Trinajstić information content (AvgIpc) is 2.39. The Kier molecular flexibility index (Phi) is 4.61. The van der Waals surface area contributed by atoms with Crippen LogP contribution in [0.1, 0.15) is 26.2 Å². The molecular formula is C14H19ClN2O. The van der Waals surface area contributed by atoms with Gasteiger partial charge in [-0.25, -0.2) is 0 Å². The molecule has 1 aromatic rings. The van der Waals surface area contributed by atoms with Crippen molar-refractivity contribution < 1.29 is 4.79 Å². The third-order valence-corrected chi connectivity index (χ3v) is 3.73. The summed E-state index contributed by atoms with van der Waals surface area (Å²) < 4.78 is 0. The maximum atomic E-state index is 12.1. The zero-order valence-electron chi connectivity index (χ0n) is 10.6. The quantitative estimate of drug-likeness (QED) is 0.883. The van der Waals surface area contributed by atoms with E-state index in [1.165, 1.54) is 0 Å². The Morgan fingerprint density at radius 2 is 2.39 bits per heavy atom. The molecule has 1 aromatic carbocycles. The maximum Gasteiger partial charge on any atom is 0.241 e. The molecule has 0 bridgehead atoms. The minimum absolute atomic E-state index is 0.0374. The van der Waals surface area contributed by atoms with Crippen LogP contribution in [0.5, 0.6) is 0 Å². The number of anilines is 1. The molecule has 2 unspecified atom stereocenters. The number of nitrogens with one attached hydrogen (secondary N) is 2. The van der Waals surface area contributed by atoms with Crippen LogP contribution in [0.15, 0.2) is 24.3 Å². The number of benzene rings is 1. The van der Waals surface area contributed by atoms with Crippen molar-refractivity contribution in [1.82, 2.24) is 5.32 Å². The molecule has 98 valence electrons. The first kappa shape index (κ1) is 13.4. The molecule has 1 heterocycles. The number of piperidine rings is 1. The molecule has 1 aliphatic rings. The zero-order valence-corrected chi connectivity index (χ0v) is 11.3. The molecule has 1 fully saturated rings. The van der Waals surface area contributed by atoms with Gasteiger partial charge in [0.1, 0.15) is 0 Å². The lowest BCUT2D eigenvalue weighted by Crippen LogP contribution is -2.46. The predicted molar refractivity (Wildman–Crippen MR) is 74.9 cm³/mol. The highest BCUT2D eigenvalue weighted by atomic mass is 35.5. The van der Waals surface area contributed by atoms with Crippen molar-refractivity contribution in [2.45, 2.75) is 32.2 Å². The van der Waals surface area contributed by atoms with Gasteiger partial charge in [-0.15, -0.1) is 0 Å². The highest BCUT2D eigenvalue weighted by Gasteiger charge is 2.25. The summed E-state index contributed by atoms with van der Waals surface area (Å²) in [5, 5.41) is 6.82. The lowest BCUT2D eigenvalue weighted by Gasteiger charge is -2.28. The Bertz CT molecular complexity index is 422. The number of hydrogen-bond acceptors (Lipinski definition) is 2. The third-order valence-electron chi connectivity index (χ3n) is 3.50. The van der Waals surface area contributed by atoms with E-state index in [2.05, 4.69) is 17.6 Å². The van der Waals surface area contributed by atoms with Gasteiger partial charge in [0.05, 0.1) is 6.04 Å². The second-order valence-corrected chi connectivity index (χ2v) is 5.24. The van der Waals surface area contributed by atoms with E-state index in [4.69, 9.17) is 11.6 Å². The molecule has 2 atom stereocenters. The van der Waals surface area contributed by atoms with Gasteiger partial charge in [-0.3, -0.25) is 4.79 Å². The van der Waals surface area contributed by atoms with Crippen LogP contribution >= 0.6 is 11.6 Å². The normalized spacial score (nSPS) is 23.7. The van der Waals surface area contributed by atoms with E-state index in [1.54, 1.807) is 12.1 Å². The zero-order chi connectivity index (χ0) is 13.0. The first-order valence-electron chi connectivity index (χ1n) is 6.49. The number of carbonyl (C=O) groups excluding carboxylic acids is 1. The lowest BCUT2D eigenvalue weighted by molar-refractivity contribution is -0.119. The van der Waals surface area contributed by atoms with E-state index < -0.39 is 0 Å². The van der Waals surface area contributed by atoms with Crippen molar-refractivity contribution in [3.8, 4) is 0 Å². The Balaban J connectivity index is 1.95. The van der Waals surface area contributed by atoms with Crippen LogP contribution in [0.3, 0.4) is 0 Å². The van der Waals surface area contributed by atoms with Crippen LogP contribution in [0.4, 0.5) is 5.69 Å². The molecule has 2 N–H and O–H groups in total. The fourth-order valence-electron chi connectivity index (χ4n) is 2.36. The first-order valence-corrected chi connectivity index (χ1v) is 6.86. The summed E-state index contributed by atoms with van der Waals surface area (Å²) in [6, 6.07) is 7.16. The number of amides is 1. The number of carbonyl (C=O) groups is 1. The summed E-state index contributed by atoms with van der Waals surface area (Å²) in [7, 11) is 0. The van der Waals surface area contributed by atoms with Crippen molar-refractivity contribution >= 4 is 23.2 Å². The van der Waals surface area contributed by atoms with E-state index in [-0.39, 0.29) is 11.9 Å². The molecule has 0 aliphatic carbocycles. The summed E-state index contributed by atoms with van der Waals surface area (Å²) >= 11 is 5.89. The van der Waals surface area contributed by atoms with Gasteiger partial charge in [0.2, 0.25) is 5.91 Å². The highest BCUT2D eigenvalue weighted by molar-refractivity contribution is 6.30. The molecule has 1 saturated heterocycles. The van der Waals surface area contributed by atoms with Crippen molar-refractivity contribution in [3.63, 3.8) is 0 Å². The SMILES string of the molecule is CCC1CCNC(C(=O)Nc2cccc(Cl)c2)C1. The van der Waals surface area contributed by atoms with Crippen LogP contribution in [0.25, 0.3) is 0 Å². The Morgan fingerprint density at radius 1 is 1.56 bits per heavy atom. The average molecular weight is 267 g/mol. The summed E-state index contributed by atoms with van der Waals surface area (Å²) in [4.78, 5) is 12.1. The fourth-order valence-corrected chi connectivity index (χ4v) is 2.55. The second kappa shape index (κ2) is 6.21. The molecule has 1 aliphatic heterocycles. The molecule has 3 nitrogen and oxygen atoms in total. The van der Waals surface area contributed by atoms with Crippen LogP contribution in [0.2, 0.25) is 5.02 Å². The summed E-state index contributed by atoms with van der Waals surface area (Å²) in [5.74, 6) is 0.691. The maximum absolute atomic E-state index is 12.1. The van der Waals surface area contributed by atoms with Crippen LogP contribution in [0, 0.1) is 5.92 Å². The Morgan fingerprint density at radius 3 is 3.11 bits per heavy atom. The molecular weight excluding hydrogens is 248 g/mol. The van der Waals surface area contributed by atoms with Crippen LogP contribution in [-0.4, -0.2) is 18.5 Å². The molecule has 0 saturated carbocycles. The molecule has 1 amide bonds. The standard InChI is InChI=1S/C14H19ClN2O/c1-2-10-6-7-16-13(8-10)14(18)17-12-5-3-4-11(15)9-12/h3-5,9-10,13,16H,2,6-8H2,1H3,(H,17,18). The van der Waals surface area contributed by atoms with Crippen LogP contribution < -0.4 is 10.6 Å². The van der Waals surface area contributed by atoms with Gasteiger partial charge in [0.15, 0.2) is 0 Å².